The van der Waals surface area contributed by atoms with Gasteiger partial charge in [0.15, 0.2) is 0 Å². The van der Waals surface area contributed by atoms with Gasteiger partial charge in [-0.3, -0.25) is 0 Å². The molecule has 4 aromatic carbocycles. The summed E-state index contributed by atoms with van der Waals surface area (Å²) in [5.74, 6) is 0. The lowest BCUT2D eigenvalue weighted by atomic mass is 9.82. The van der Waals surface area contributed by atoms with Crippen molar-refractivity contribution in [3.8, 4) is 16.8 Å². The van der Waals surface area contributed by atoms with E-state index in [2.05, 4.69) is 110 Å². The summed E-state index contributed by atoms with van der Waals surface area (Å²) < 4.78 is 2.41. The first-order chi connectivity index (χ1) is 14.1. The van der Waals surface area contributed by atoms with Gasteiger partial charge < -0.3 is 4.57 Å². The highest BCUT2D eigenvalue weighted by Gasteiger charge is 2.37. The third kappa shape index (κ3) is 2.10. The maximum Gasteiger partial charge on any atom is 0.0544 e. The molecule has 0 saturated heterocycles. The maximum atomic E-state index is 2.44. The molecule has 0 spiro atoms. The first-order valence-electron chi connectivity index (χ1n) is 10.3. The average Bonchev–Trinajstić information content (AvgIpc) is 3.18. The largest absolute Gasteiger partial charge is 0.309 e. The van der Waals surface area contributed by atoms with Gasteiger partial charge in [0.1, 0.15) is 0 Å². The molecule has 0 aliphatic heterocycles. The molecule has 5 aromatic rings. The third-order valence-corrected chi connectivity index (χ3v) is 6.72. The molecule has 6 rings (SSSR count). The van der Waals surface area contributed by atoms with Crippen LogP contribution < -0.4 is 0 Å². The molecule has 0 amide bonds. The lowest BCUT2D eigenvalue weighted by Gasteiger charge is -2.22. The number of rotatable bonds is 1. The van der Waals surface area contributed by atoms with Gasteiger partial charge in [0.2, 0.25) is 0 Å². The number of hydrogen-bond donors (Lipinski definition) is 0. The highest BCUT2D eigenvalue weighted by atomic mass is 15.0. The number of nitrogens with zero attached hydrogens (tertiary/aromatic N) is 1. The number of aromatic nitrogens is 1. The molecule has 1 heterocycles. The molecule has 1 heteroatoms. The topological polar surface area (TPSA) is 4.93 Å². The van der Waals surface area contributed by atoms with Gasteiger partial charge in [-0.05, 0) is 65.1 Å². The molecule has 0 atom stereocenters. The maximum absolute atomic E-state index is 2.44. The van der Waals surface area contributed by atoms with E-state index in [1.54, 1.807) is 0 Å². The average molecular weight is 373 g/mol. The number of benzene rings is 4. The summed E-state index contributed by atoms with van der Waals surface area (Å²) in [5, 5.41) is 2.64. The first kappa shape index (κ1) is 16.6. The van der Waals surface area contributed by atoms with E-state index in [-0.39, 0.29) is 5.41 Å². The molecule has 0 fully saturated rings. The summed E-state index contributed by atoms with van der Waals surface area (Å²) >= 11 is 0. The molecule has 1 nitrogen and oxygen atoms in total. The second kappa shape index (κ2) is 5.61. The van der Waals surface area contributed by atoms with Crippen LogP contribution in [-0.2, 0) is 5.41 Å². The van der Waals surface area contributed by atoms with Crippen molar-refractivity contribution in [2.45, 2.75) is 26.2 Å². The summed E-state index contributed by atoms with van der Waals surface area (Å²) in [7, 11) is 0. The van der Waals surface area contributed by atoms with E-state index in [0.717, 1.165) is 0 Å². The van der Waals surface area contributed by atoms with E-state index >= 15 is 0 Å². The zero-order valence-corrected chi connectivity index (χ0v) is 17.0. The van der Waals surface area contributed by atoms with Crippen LogP contribution in [0.2, 0.25) is 0 Å². The second-order valence-electron chi connectivity index (χ2n) is 8.73. The first-order valence-corrected chi connectivity index (χ1v) is 10.3. The van der Waals surface area contributed by atoms with E-state index in [4.69, 9.17) is 0 Å². The van der Waals surface area contributed by atoms with Crippen molar-refractivity contribution >= 4 is 21.8 Å². The van der Waals surface area contributed by atoms with Gasteiger partial charge in [-0.25, -0.2) is 0 Å². The van der Waals surface area contributed by atoms with E-state index < -0.39 is 0 Å². The van der Waals surface area contributed by atoms with Crippen LogP contribution in [-0.4, -0.2) is 4.57 Å². The van der Waals surface area contributed by atoms with Crippen molar-refractivity contribution in [3.63, 3.8) is 0 Å². The second-order valence-corrected chi connectivity index (χ2v) is 8.73. The van der Waals surface area contributed by atoms with Crippen molar-refractivity contribution in [2.75, 3.05) is 0 Å². The van der Waals surface area contributed by atoms with E-state index in [1.165, 1.54) is 55.3 Å². The highest BCUT2D eigenvalue weighted by molar-refractivity contribution is 6.11. The Labute approximate surface area is 171 Å². The Balaban J connectivity index is 1.80. The fourth-order valence-electron chi connectivity index (χ4n) is 5.29. The van der Waals surface area contributed by atoms with Crippen LogP contribution >= 0.6 is 0 Å². The van der Waals surface area contributed by atoms with Crippen molar-refractivity contribution in [1.82, 2.24) is 4.57 Å². The smallest absolute Gasteiger partial charge is 0.0544 e. The van der Waals surface area contributed by atoms with Crippen LogP contribution in [0, 0.1) is 6.92 Å². The van der Waals surface area contributed by atoms with Crippen LogP contribution in [0.15, 0.2) is 84.9 Å². The number of hydrogen-bond acceptors (Lipinski definition) is 0. The Morgan fingerprint density at radius 3 is 2.24 bits per heavy atom. The molecule has 1 aliphatic rings. The molecular formula is C28H23N. The van der Waals surface area contributed by atoms with Gasteiger partial charge in [0.05, 0.1) is 11.0 Å². The molecule has 0 bridgehead atoms. The van der Waals surface area contributed by atoms with Crippen molar-refractivity contribution in [2.24, 2.45) is 0 Å². The predicted molar refractivity (Wildman–Crippen MR) is 123 cm³/mol. The SMILES string of the molecule is Cc1cccc2c1-c1cc3c4ccccc4n(-c4ccccc4)c3cc1C2(C)C. The Morgan fingerprint density at radius 1 is 0.655 bits per heavy atom. The fraction of sp³-hybridized carbons (Fsp3) is 0.143. The minimum absolute atomic E-state index is 0.00283. The Kier molecular flexibility index (Phi) is 3.21. The molecule has 140 valence electrons. The molecular weight excluding hydrogens is 350 g/mol. The highest BCUT2D eigenvalue weighted by Crippen LogP contribution is 2.51. The minimum Gasteiger partial charge on any atom is -0.309 e. The Hall–Kier alpha value is -3.32. The predicted octanol–water partition coefficient (Wildman–Crippen LogP) is 7.40. The van der Waals surface area contributed by atoms with Crippen LogP contribution in [0.1, 0.15) is 30.5 Å². The van der Waals surface area contributed by atoms with Crippen LogP contribution in [0.4, 0.5) is 0 Å². The van der Waals surface area contributed by atoms with Gasteiger partial charge in [0, 0.05) is 21.9 Å². The van der Waals surface area contributed by atoms with E-state index in [1.807, 2.05) is 0 Å². The summed E-state index contributed by atoms with van der Waals surface area (Å²) in [5.41, 5.74) is 10.8. The summed E-state index contributed by atoms with van der Waals surface area (Å²) in [6, 6.07) is 31.1. The monoisotopic (exact) mass is 373 g/mol. The summed E-state index contributed by atoms with van der Waals surface area (Å²) in [6.45, 7) is 6.96. The summed E-state index contributed by atoms with van der Waals surface area (Å²) in [6.07, 6.45) is 0. The van der Waals surface area contributed by atoms with E-state index in [0.29, 0.717) is 0 Å². The van der Waals surface area contributed by atoms with Crippen LogP contribution in [0.25, 0.3) is 38.6 Å². The van der Waals surface area contributed by atoms with Crippen molar-refractivity contribution in [3.05, 3.63) is 102 Å². The quantitative estimate of drug-likeness (QED) is 0.288. The molecule has 29 heavy (non-hydrogen) atoms. The van der Waals surface area contributed by atoms with Gasteiger partial charge in [-0.15, -0.1) is 0 Å². The number of para-hydroxylation sites is 2. The van der Waals surface area contributed by atoms with Gasteiger partial charge in [0.25, 0.3) is 0 Å². The third-order valence-electron chi connectivity index (χ3n) is 6.72. The standard InChI is InChI=1S/C28H23N/c1-18-10-9-14-23-27(18)22-16-21-20-13-7-8-15-25(20)29(19-11-5-4-6-12-19)26(21)17-24(22)28(23,2)3/h4-17H,1-3H3. The van der Waals surface area contributed by atoms with Crippen molar-refractivity contribution in [1.29, 1.82) is 0 Å². The zero-order valence-electron chi connectivity index (χ0n) is 17.0. The Morgan fingerprint density at radius 2 is 1.41 bits per heavy atom. The molecule has 1 aromatic heterocycles. The molecule has 1 aliphatic carbocycles. The number of fused-ring (bicyclic) bond motifs is 6. The van der Waals surface area contributed by atoms with Gasteiger partial charge in [-0.2, -0.15) is 0 Å². The Bertz CT molecular complexity index is 1420. The van der Waals surface area contributed by atoms with Gasteiger partial charge in [-0.1, -0.05) is 68.4 Å². The normalized spacial score (nSPS) is 14.3. The van der Waals surface area contributed by atoms with Crippen LogP contribution in [0.3, 0.4) is 0 Å². The molecule has 0 radical (unpaired) electrons. The molecule has 0 saturated carbocycles. The lowest BCUT2D eigenvalue weighted by Crippen LogP contribution is -2.15. The van der Waals surface area contributed by atoms with Crippen LogP contribution in [0.5, 0.6) is 0 Å². The molecule has 0 unspecified atom stereocenters. The summed E-state index contributed by atoms with van der Waals surface area (Å²) in [4.78, 5) is 0. The van der Waals surface area contributed by atoms with Gasteiger partial charge >= 0.3 is 0 Å². The number of aryl methyl sites for hydroxylation is 1. The lowest BCUT2D eigenvalue weighted by molar-refractivity contribution is 0.660. The zero-order chi connectivity index (χ0) is 19.8. The van der Waals surface area contributed by atoms with Crippen molar-refractivity contribution < 1.29 is 0 Å². The minimum atomic E-state index is 0.00283. The molecule has 0 N–H and O–H groups in total. The fourth-order valence-corrected chi connectivity index (χ4v) is 5.29. The van der Waals surface area contributed by atoms with E-state index in [9.17, 15) is 0 Å².